The van der Waals surface area contributed by atoms with Gasteiger partial charge in [-0.3, -0.25) is 9.59 Å². The number of amides is 1. The van der Waals surface area contributed by atoms with Crippen molar-refractivity contribution in [3.63, 3.8) is 0 Å². The highest BCUT2D eigenvalue weighted by Gasteiger charge is 2.15. The molecule has 0 aromatic carbocycles. The Kier molecular flexibility index (Phi) is 4.02. The van der Waals surface area contributed by atoms with Crippen molar-refractivity contribution in [3.05, 3.63) is 45.6 Å². The SMILES string of the molecule is COc1nc(C)c(NC(=O)c2cccn(C)c2=O)c(C)n1. The molecule has 0 fully saturated rings. The molecule has 2 rings (SSSR count). The fraction of sp³-hybridized carbons (Fsp3) is 0.286. The van der Waals surface area contributed by atoms with Crippen molar-refractivity contribution >= 4 is 11.6 Å². The molecule has 0 saturated carbocycles. The minimum Gasteiger partial charge on any atom is -0.467 e. The molecular weight excluding hydrogens is 272 g/mol. The van der Waals surface area contributed by atoms with Gasteiger partial charge < -0.3 is 14.6 Å². The van der Waals surface area contributed by atoms with Crippen molar-refractivity contribution in [2.75, 3.05) is 12.4 Å². The van der Waals surface area contributed by atoms with Gasteiger partial charge in [-0.1, -0.05) is 0 Å². The molecule has 7 heteroatoms. The van der Waals surface area contributed by atoms with Crippen molar-refractivity contribution in [3.8, 4) is 6.01 Å². The minimum atomic E-state index is -0.490. The van der Waals surface area contributed by atoms with Gasteiger partial charge in [0.25, 0.3) is 11.5 Å². The largest absolute Gasteiger partial charge is 0.467 e. The van der Waals surface area contributed by atoms with Crippen molar-refractivity contribution in [1.29, 1.82) is 0 Å². The highest BCUT2D eigenvalue weighted by atomic mass is 16.5. The van der Waals surface area contributed by atoms with Gasteiger partial charge >= 0.3 is 6.01 Å². The summed E-state index contributed by atoms with van der Waals surface area (Å²) >= 11 is 0. The molecule has 0 aliphatic rings. The lowest BCUT2D eigenvalue weighted by Gasteiger charge is -2.11. The lowest BCUT2D eigenvalue weighted by Crippen LogP contribution is -2.27. The van der Waals surface area contributed by atoms with Crippen molar-refractivity contribution in [2.24, 2.45) is 7.05 Å². The predicted octanol–water partition coefficient (Wildman–Crippen LogP) is 1.05. The van der Waals surface area contributed by atoms with Crippen LogP contribution < -0.4 is 15.6 Å². The summed E-state index contributed by atoms with van der Waals surface area (Å²) in [6.45, 7) is 3.46. The quantitative estimate of drug-likeness (QED) is 0.912. The topological polar surface area (TPSA) is 86.1 Å². The highest BCUT2D eigenvalue weighted by Crippen LogP contribution is 2.19. The maximum absolute atomic E-state index is 12.2. The summed E-state index contributed by atoms with van der Waals surface area (Å²) in [5.41, 5.74) is 1.32. The van der Waals surface area contributed by atoms with E-state index in [-0.39, 0.29) is 17.1 Å². The number of anilines is 1. The maximum atomic E-state index is 12.2. The van der Waals surface area contributed by atoms with Gasteiger partial charge in [-0.2, -0.15) is 9.97 Å². The van der Waals surface area contributed by atoms with E-state index in [0.29, 0.717) is 17.1 Å². The molecule has 1 amide bonds. The van der Waals surface area contributed by atoms with E-state index in [2.05, 4.69) is 15.3 Å². The molecule has 0 aliphatic carbocycles. The molecule has 0 radical (unpaired) electrons. The lowest BCUT2D eigenvalue weighted by molar-refractivity contribution is 0.102. The number of ether oxygens (including phenoxy) is 1. The zero-order valence-electron chi connectivity index (χ0n) is 12.3. The predicted molar refractivity (Wildman–Crippen MR) is 77.7 cm³/mol. The average molecular weight is 288 g/mol. The number of aryl methyl sites for hydroxylation is 3. The number of rotatable bonds is 3. The second-order valence-corrected chi connectivity index (χ2v) is 4.55. The Morgan fingerprint density at radius 3 is 2.48 bits per heavy atom. The Balaban J connectivity index is 2.36. The Morgan fingerprint density at radius 2 is 1.90 bits per heavy atom. The van der Waals surface area contributed by atoms with Crippen LogP contribution in [0.3, 0.4) is 0 Å². The molecule has 110 valence electrons. The van der Waals surface area contributed by atoms with Crippen LogP contribution in [0.1, 0.15) is 21.7 Å². The Labute approximate surface area is 121 Å². The lowest BCUT2D eigenvalue weighted by atomic mass is 10.2. The standard InChI is InChI=1S/C14H16N4O3/c1-8-11(9(2)16-14(15-8)21-4)17-12(19)10-6-5-7-18(3)13(10)20/h5-7H,1-4H3,(H,17,19). The molecule has 0 unspecified atom stereocenters. The summed E-state index contributed by atoms with van der Waals surface area (Å²) in [6, 6.07) is 3.35. The number of carbonyl (C=O) groups excluding carboxylic acids is 1. The molecule has 2 heterocycles. The van der Waals surface area contributed by atoms with E-state index in [0.717, 1.165) is 0 Å². The Bertz CT molecular complexity index is 729. The summed E-state index contributed by atoms with van der Waals surface area (Å²) in [5, 5.41) is 2.68. The van der Waals surface area contributed by atoms with Crippen LogP contribution in [-0.2, 0) is 7.05 Å². The van der Waals surface area contributed by atoms with Gasteiger partial charge in [0.1, 0.15) is 5.56 Å². The van der Waals surface area contributed by atoms with Crippen LogP contribution in [0, 0.1) is 13.8 Å². The zero-order valence-corrected chi connectivity index (χ0v) is 12.3. The summed E-state index contributed by atoms with van der Waals surface area (Å²) in [7, 11) is 3.06. The van der Waals surface area contributed by atoms with E-state index in [1.807, 2.05) is 0 Å². The zero-order chi connectivity index (χ0) is 15.6. The minimum absolute atomic E-state index is 0.0645. The number of hydrogen-bond donors (Lipinski definition) is 1. The van der Waals surface area contributed by atoms with E-state index < -0.39 is 5.91 Å². The van der Waals surface area contributed by atoms with Crippen LogP contribution in [0.25, 0.3) is 0 Å². The normalized spacial score (nSPS) is 10.3. The van der Waals surface area contributed by atoms with Crippen molar-refractivity contribution < 1.29 is 9.53 Å². The molecule has 0 bridgehead atoms. The number of aromatic nitrogens is 3. The van der Waals surface area contributed by atoms with Gasteiger partial charge in [0.15, 0.2) is 0 Å². The first kappa shape index (κ1) is 14.7. The Hall–Kier alpha value is -2.70. The summed E-state index contributed by atoms with van der Waals surface area (Å²) in [6.07, 6.45) is 1.59. The second kappa shape index (κ2) is 5.74. The van der Waals surface area contributed by atoms with Crippen LogP contribution in [-0.4, -0.2) is 27.6 Å². The molecule has 1 N–H and O–H groups in total. The van der Waals surface area contributed by atoms with Crippen molar-refractivity contribution in [2.45, 2.75) is 13.8 Å². The molecule has 2 aromatic rings. The van der Waals surface area contributed by atoms with Crippen LogP contribution >= 0.6 is 0 Å². The molecule has 7 nitrogen and oxygen atoms in total. The molecule has 2 aromatic heterocycles. The van der Waals surface area contributed by atoms with E-state index in [9.17, 15) is 9.59 Å². The molecule has 0 atom stereocenters. The van der Waals surface area contributed by atoms with Gasteiger partial charge in [0.05, 0.1) is 24.2 Å². The first-order valence-electron chi connectivity index (χ1n) is 6.30. The van der Waals surface area contributed by atoms with Crippen molar-refractivity contribution in [1.82, 2.24) is 14.5 Å². The number of nitrogens with zero attached hydrogens (tertiary/aromatic N) is 3. The number of carbonyl (C=O) groups is 1. The van der Waals surface area contributed by atoms with Crippen LogP contribution in [0.15, 0.2) is 23.1 Å². The number of methoxy groups -OCH3 is 1. The molecule has 0 spiro atoms. The first-order valence-corrected chi connectivity index (χ1v) is 6.30. The van der Waals surface area contributed by atoms with Gasteiger partial charge in [-0.25, -0.2) is 0 Å². The number of nitrogens with one attached hydrogen (secondary N) is 1. The molecular formula is C14H16N4O3. The van der Waals surface area contributed by atoms with E-state index in [1.54, 1.807) is 33.2 Å². The number of hydrogen-bond acceptors (Lipinski definition) is 5. The molecule has 0 aliphatic heterocycles. The van der Waals surface area contributed by atoms with Gasteiger partial charge in [-0.15, -0.1) is 0 Å². The second-order valence-electron chi connectivity index (χ2n) is 4.55. The van der Waals surface area contributed by atoms with Crippen LogP contribution in [0.4, 0.5) is 5.69 Å². The van der Waals surface area contributed by atoms with Gasteiger partial charge in [-0.05, 0) is 26.0 Å². The third-order valence-electron chi connectivity index (χ3n) is 3.04. The summed E-state index contributed by atoms with van der Waals surface area (Å²) in [5.74, 6) is -0.490. The fourth-order valence-corrected chi connectivity index (χ4v) is 1.91. The third-order valence-corrected chi connectivity index (χ3v) is 3.04. The number of pyridine rings is 1. The highest BCUT2D eigenvalue weighted by molar-refractivity contribution is 6.04. The van der Waals surface area contributed by atoms with Crippen LogP contribution in [0.2, 0.25) is 0 Å². The van der Waals surface area contributed by atoms with Gasteiger partial charge in [0, 0.05) is 13.2 Å². The maximum Gasteiger partial charge on any atom is 0.316 e. The summed E-state index contributed by atoms with van der Waals surface area (Å²) < 4.78 is 6.31. The molecule has 21 heavy (non-hydrogen) atoms. The monoisotopic (exact) mass is 288 g/mol. The third kappa shape index (κ3) is 2.91. The summed E-state index contributed by atoms with van der Waals surface area (Å²) in [4.78, 5) is 32.4. The van der Waals surface area contributed by atoms with E-state index in [4.69, 9.17) is 4.74 Å². The fourth-order valence-electron chi connectivity index (χ4n) is 1.91. The smallest absolute Gasteiger partial charge is 0.316 e. The average Bonchev–Trinajstić information content (AvgIpc) is 2.45. The van der Waals surface area contributed by atoms with Crippen LogP contribution in [0.5, 0.6) is 6.01 Å². The molecule has 0 saturated heterocycles. The van der Waals surface area contributed by atoms with E-state index in [1.165, 1.54) is 17.7 Å². The van der Waals surface area contributed by atoms with E-state index >= 15 is 0 Å². The first-order chi connectivity index (χ1) is 9.93. The Morgan fingerprint density at radius 1 is 1.29 bits per heavy atom. The van der Waals surface area contributed by atoms with Gasteiger partial charge in [0.2, 0.25) is 0 Å².